The van der Waals surface area contributed by atoms with Gasteiger partial charge in [-0.05, 0) is 19.3 Å². The van der Waals surface area contributed by atoms with E-state index in [4.69, 9.17) is 8.37 Å². The summed E-state index contributed by atoms with van der Waals surface area (Å²) in [7, 11) is -8.29. The van der Waals surface area contributed by atoms with Gasteiger partial charge in [0.25, 0.3) is 0 Å². The van der Waals surface area contributed by atoms with Gasteiger partial charge >= 0.3 is 40.0 Å². The first-order valence-electron chi connectivity index (χ1n) is 19.3. The third-order valence-corrected chi connectivity index (χ3v) is 9.54. The number of hydrogen-bond acceptors (Lipinski definition) is 8. The van der Waals surface area contributed by atoms with Crippen LogP contribution in [0.15, 0.2) is 0 Å². The molecule has 47 heavy (non-hydrogen) atoms. The van der Waals surface area contributed by atoms with Gasteiger partial charge in [-0.25, -0.2) is 16.8 Å². The first-order valence-corrected chi connectivity index (χ1v) is 22.0. The maximum atomic E-state index is 11.7. The third-order valence-electron chi connectivity index (χ3n) is 8.18. The van der Waals surface area contributed by atoms with Gasteiger partial charge < -0.3 is 4.55 Å². The van der Waals surface area contributed by atoms with Crippen LogP contribution < -0.4 is 29.6 Å². The predicted octanol–water partition coefficient (Wildman–Crippen LogP) is 8.49. The maximum absolute atomic E-state index is 11.7. The van der Waals surface area contributed by atoms with Gasteiger partial charge in [-0.2, -0.15) is 8.42 Å². The molecule has 8 nitrogen and oxygen atoms in total. The second-order valence-corrected chi connectivity index (χ2v) is 15.2. The normalized spacial score (nSPS) is 11.7. The Morgan fingerprint density at radius 1 is 0.340 bits per heavy atom. The second-order valence-electron chi connectivity index (χ2n) is 12.8. The van der Waals surface area contributed by atoms with Crippen LogP contribution in [0.2, 0.25) is 0 Å². The topological polar surface area (TPSA) is 119 Å². The van der Waals surface area contributed by atoms with Crippen molar-refractivity contribution in [1.82, 2.24) is 0 Å². The molecule has 0 aliphatic carbocycles. The SMILES string of the molecule is CCCCCCCCCCCCOS(=O)(=O)OCCCCCCCCCCCC.CCCCCCCCCCCCOS(=O)(=O)[O-].[Na+]. The molecule has 0 saturated carbocycles. The van der Waals surface area contributed by atoms with E-state index in [1.165, 1.54) is 135 Å². The Morgan fingerprint density at radius 3 is 0.745 bits per heavy atom. The van der Waals surface area contributed by atoms with Crippen LogP contribution in [0, 0.1) is 0 Å². The molecule has 0 bridgehead atoms. The Hall–Kier alpha value is 0.740. The maximum Gasteiger partial charge on any atom is 1.00 e. The van der Waals surface area contributed by atoms with Crippen molar-refractivity contribution in [1.29, 1.82) is 0 Å². The van der Waals surface area contributed by atoms with E-state index in [0.717, 1.165) is 51.4 Å². The molecule has 0 aromatic rings. The minimum Gasteiger partial charge on any atom is -0.726 e. The fourth-order valence-electron chi connectivity index (χ4n) is 5.29. The molecule has 0 rings (SSSR count). The standard InChI is InChI=1S/C24H50O4S.C12H26O4S.Na/c1-3-5-7-9-11-13-15-17-19-21-23-27-29(25,26)28-24-22-20-18-16-14-12-10-8-6-4-2;1-2-3-4-5-6-7-8-9-10-11-12-16-17(13,14)15;/h3-24H2,1-2H3;2-12H2,1H3,(H,13,14,15);/q;;+1/p-1. The van der Waals surface area contributed by atoms with Crippen molar-refractivity contribution in [2.45, 2.75) is 213 Å². The van der Waals surface area contributed by atoms with E-state index in [9.17, 15) is 21.4 Å². The summed E-state index contributed by atoms with van der Waals surface area (Å²) in [5, 5.41) is 0. The van der Waals surface area contributed by atoms with Gasteiger partial charge in [0.15, 0.2) is 0 Å². The summed E-state index contributed by atoms with van der Waals surface area (Å²) < 4.78 is 67.8. The van der Waals surface area contributed by atoms with Crippen LogP contribution in [0.5, 0.6) is 0 Å². The summed E-state index contributed by atoms with van der Waals surface area (Å²) in [5.41, 5.74) is 0. The Balaban J connectivity index is -0.000000919. The second kappa shape index (κ2) is 41.2. The van der Waals surface area contributed by atoms with Crippen molar-refractivity contribution in [3.05, 3.63) is 0 Å². The minimum absolute atomic E-state index is 0. The molecule has 0 fully saturated rings. The van der Waals surface area contributed by atoms with E-state index < -0.39 is 20.8 Å². The minimum atomic E-state index is -4.48. The molecule has 0 aliphatic heterocycles. The zero-order chi connectivity index (χ0) is 34.5. The zero-order valence-corrected chi connectivity index (χ0v) is 35.0. The van der Waals surface area contributed by atoms with Crippen molar-refractivity contribution in [3.8, 4) is 0 Å². The smallest absolute Gasteiger partial charge is 0.726 e. The van der Waals surface area contributed by atoms with Gasteiger partial charge in [-0.3, -0.25) is 4.18 Å². The molecule has 0 aromatic carbocycles. The molecule has 11 heteroatoms. The molecule has 0 radical (unpaired) electrons. The van der Waals surface area contributed by atoms with Gasteiger partial charge in [0.05, 0.1) is 19.8 Å². The van der Waals surface area contributed by atoms with Crippen LogP contribution >= 0.6 is 0 Å². The van der Waals surface area contributed by atoms with E-state index in [2.05, 4.69) is 25.0 Å². The third kappa shape index (κ3) is 51.2. The van der Waals surface area contributed by atoms with Crippen molar-refractivity contribution in [3.63, 3.8) is 0 Å². The summed E-state index contributed by atoms with van der Waals surface area (Å²) in [6.07, 6.45) is 36.1. The van der Waals surface area contributed by atoms with E-state index in [1.54, 1.807) is 0 Å². The van der Waals surface area contributed by atoms with Gasteiger partial charge in [0.2, 0.25) is 10.4 Å². The van der Waals surface area contributed by atoms with Crippen LogP contribution in [0.25, 0.3) is 0 Å². The molecule has 0 N–H and O–H groups in total. The molecule has 0 heterocycles. The van der Waals surface area contributed by atoms with Crippen molar-refractivity contribution in [2.24, 2.45) is 0 Å². The molecule has 0 atom stereocenters. The van der Waals surface area contributed by atoms with Crippen LogP contribution in [0.4, 0.5) is 0 Å². The summed E-state index contributed by atoms with van der Waals surface area (Å²) in [5.74, 6) is 0. The zero-order valence-electron chi connectivity index (χ0n) is 31.4. The Bertz CT molecular complexity index is 763. The first kappa shape index (κ1) is 52.1. The molecular formula is C36H75NaO8S2. The van der Waals surface area contributed by atoms with Crippen molar-refractivity contribution in [2.75, 3.05) is 19.8 Å². The number of rotatable bonds is 36. The summed E-state index contributed by atoms with van der Waals surface area (Å²) >= 11 is 0. The molecule has 280 valence electrons. The van der Waals surface area contributed by atoms with Gasteiger partial charge in [-0.1, -0.05) is 194 Å². The fourth-order valence-corrected chi connectivity index (χ4v) is 6.32. The van der Waals surface area contributed by atoms with Gasteiger partial charge in [0, 0.05) is 0 Å². The fraction of sp³-hybridized carbons (Fsp3) is 1.00. The van der Waals surface area contributed by atoms with E-state index in [-0.39, 0.29) is 49.4 Å². The van der Waals surface area contributed by atoms with Crippen LogP contribution in [0.3, 0.4) is 0 Å². The Labute approximate surface area is 315 Å². The van der Waals surface area contributed by atoms with Gasteiger partial charge in [-0.15, -0.1) is 0 Å². The molecule has 0 saturated heterocycles. The van der Waals surface area contributed by atoms with Crippen molar-refractivity contribution >= 4 is 20.8 Å². The Morgan fingerprint density at radius 2 is 0.532 bits per heavy atom. The Kier molecular flexibility index (Phi) is 45.6. The monoisotopic (exact) mass is 722 g/mol. The largest absolute Gasteiger partial charge is 1.00 e. The molecule has 0 aliphatic rings. The number of hydrogen-bond donors (Lipinski definition) is 0. The van der Waals surface area contributed by atoms with E-state index >= 15 is 0 Å². The molecule has 0 spiro atoms. The molecule has 0 unspecified atom stereocenters. The first-order chi connectivity index (χ1) is 22.2. The van der Waals surface area contributed by atoms with Crippen molar-refractivity contribution < 1.29 is 63.5 Å². The quantitative estimate of drug-likeness (QED) is 0.0273. The van der Waals surface area contributed by atoms with Crippen LogP contribution in [-0.2, 0) is 33.3 Å². The molecular weight excluding hydrogens is 648 g/mol. The molecule has 0 aromatic heterocycles. The number of unbranched alkanes of at least 4 members (excludes halogenated alkanes) is 27. The average Bonchev–Trinajstić information content (AvgIpc) is 3.01. The van der Waals surface area contributed by atoms with Crippen LogP contribution in [0.1, 0.15) is 213 Å². The van der Waals surface area contributed by atoms with Crippen LogP contribution in [-0.4, -0.2) is 41.2 Å². The average molecular weight is 723 g/mol. The summed E-state index contributed by atoms with van der Waals surface area (Å²) in [6, 6.07) is 0. The molecule has 0 amide bonds. The van der Waals surface area contributed by atoms with Gasteiger partial charge in [0.1, 0.15) is 0 Å². The summed E-state index contributed by atoms with van der Waals surface area (Å²) in [4.78, 5) is 0. The predicted molar refractivity (Wildman–Crippen MR) is 192 cm³/mol. The van der Waals surface area contributed by atoms with E-state index in [1.807, 2.05) is 0 Å². The van der Waals surface area contributed by atoms with E-state index in [0.29, 0.717) is 6.42 Å². The summed E-state index contributed by atoms with van der Waals surface area (Å²) in [6.45, 7) is 7.22.